The van der Waals surface area contributed by atoms with Gasteiger partial charge in [-0.25, -0.2) is 4.39 Å². The minimum Gasteiger partial charge on any atom is -0.395 e. The zero-order valence-electron chi connectivity index (χ0n) is 13.2. The number of rotatable bonds is 7. The van der Waals surface area contributed by atoms with Crippen molar-refractivity contribution in [1.82, 2.24) is 4.90 Å². The highest BCUT2D eigenvalue weighted by Crippen LogP contribution is 2.16. The first-order valence-corrected chi connectivity index (χ1v) is 7.74. The molecule has 23 heavy (non-hydrogen) atoms. The Morgan fingerprint density at radius 2 is 1.83 bits per heavy atom. The topological polar surface area (TPSA) is 47.3 Å². The van der Waals surface area contributed by atoms with E-state index in [0.29, 0.717) is 18.7 Å². The van der Waals surface area contributed by atoms with Crippen LogP contribution in [-0.2, 0) is 13.1 Å². The average Bonchev–Trinajstić information content (AvgIpc) is 2.58. The molecule has 0 fully saturated rings. The van der Waals surface area contributed by atoms with Crippen molar-refractivity contribution in [2.24, 2.45) is 0 Å². The van der Waals surface area contributed by atoms with Gasteiger partial charge in [-0.15, -0.1) is 0 Å². The monoisotopic (exact) mass is 312 g/mol. The minimum absolute atomic E-state index is 0.0193. The van der Waals surface area contributed by atoms with Gasteiger partial charge >= 0.3 is 0 Å². The lowest BCUT2D eigenvalue weighted by molar-refractivity contribution is 0.107. The number of benzene rings is 2. The molecule has 0 spiro atoms. The Labute approximate surface area is 136 Å². The van der Waals surface area contributed by atoms with Crippen molar-refractivity contribution in [3.8, 4) is 6.07 Å². The highest BCUT2D eigenvalue weighted by Gasteiger charge is 2.17. The summed E-state index contributed by atoms with van der Waals surface area (Å²) in [5.74, 6) is -0.253. The number of aliphatic hydroxyl groups is 1. The molecule has 0 saturated heterocycles. The Balaban J connectivity index is 2.19. The van der Waals surface area contributed by atoms with Crippen LogP contribution in [-0.4, -0.2) is 22.7 Å². The summed E-state index contributed by atoms with van der Waals surface area (Å²) < 4.78 is 13.1. The molecule has 0 saturated carbocycles. The summed E-state index contributed by atoms with van der Waals surface area (Å²) in [5, 5.41) is 18.7. The van der Waals surface area contributed by atoms with Crippen LogP contribution < -0.4 is 0 Å². The fraction of sp³-hybridized carbons (Fsp3) is 0.316. The summed E-state index contributed by atoms with van der Waals surface area (Å²) >= 11 is 0. The van der Waals surface area contributed by atoms with Crippen LogP contribution in [0.3, 0.4) is 0 Å². The molecule has 1 N–H and O–H groups in total. The van der Waals surface area contributed by atoms with Crippen molar-refractivity contribution < 1.29 is 9.50 Å². The standard InChI is InChI=1S/C19H21FN2O/c1-2-19(14-23)22(12-15-6-8-18(20)9-7-15)13-17-5-3-4-16(10-17)11-21/h3-10,19,23H,2,12-14H2,1H3/t19-/m1/s1. The van der Waals surface area contributed by atoms with Gasteiger partial charge in [0.1, 0.15) is 5.82 Å². The Kier molecular flexibility index (Phi) is 6.28. The van der Waals surface area contributed by atoms with Gasteiger partial charge in [0.15, 0.2) is 0 Å². The molecule has 0 unspecified atom stereocenters. The van der Waals surface area contributed by atoms with Crippen LogP contribution in [0.5, 0.6) is 0 Å². The largest absolute Gasteiger partial charge is 0.395 e. The number of hydrogen-bond acceptors (Lipinski definition) is 3. The normalized spacial score (nSPS) is 12.1. The van der Waals surface area contributed by atoms with E-state index in [0.717, 1.165) is 17.5 Å². The van der Waals surface area contributed by atoms with E-state index < -0.39 is 0 Å². The van der Waals surface area contributed by atoms with Crippen LogP contribution in [0, 0.1) is 17.1 Å². The van der Waals surface area contributed by atoms with E-state index in [1.165, 1.54) is 12.1 Å². The molecule has 3 nitrogen and oxygen atoms in total. The number of nitrogens with zero attached hydrogens (tertiary/aromatic N) is 2. The summed E-state index contributed by atoms with van der Waals surface area (Å²) in [6, 6.07) is 16.1. The second kappa shape index (κ2) is 8.42. The quantitative estimate of drug-likeness (QED) is 0.851. The van der Waals surface area contributed by atoms with Crippen LogP contribution in [0.15, 0.2) is 48.5 Å². The van der Waals surface area contributed by atoms with E-state index in [9.17, 15) is 9.50 Å². The molecule has 4 heteroatoms. The zero-order chi connectivity index (χ0) is 16.7. The van der Waals surface area contributed by atoms with Gasteiger partial charge in [-0.05, 0) is 41.8 Å². The predicted octanol–water partition coefficient (Wildman–Crippen LogP) is 3.47. The molecule has 0 aliphatic rings. The predicted molar refractivity (Wildman–Crippen MR) is 88.0 cm³/mol. The molecule has 2 aromatic rings. The summed E-state index contributed by atoms with van der Waals surface area (Å²) in [7, 11) is 0. The van der Waals surface area contributed by atoms with Crippen LogP contribution in [0.4, 0.5) is 4.39 Å². The molecular formula is C19H21FN2O. The first-order chi connectivity index (χ1) is 11.2. The Morgan fingerprint density at radius 3 is 2.43 bits per heavy atom. The highest BCUT2D eigenvalue weighted by molar-refractivity contribution is 5.32. The molecule has 0 heterocycles. The van der Waals surface area contributed by atoms with E-state index in [1.807, 2.05) is 25.1 Å². The third kappa shape index (κ3) is 4.88. The molecule has 1 atom stereocenters. The molecule has 0 aliphatic heterocycles. The molecule has 0 aromatic heterocycles. The molecule has 120 valence electrons. The Bertz CT molecular complexity index is 660. The van der Waals surface area contributed by atoms with Crippen molar-refractivity contribution in [2.75, 3.05) is 6.61 Å². The van der Waals surface area contributed by atoms with Gasteiger partial charge in [-0.3, -0.25) is 4.90 Å². The summed E-state index contributed by atoms with van der Waals surface area (Å²) in [6.07, 6.45) is 0.815. The van der Waals surface area contributed by atoms with Gasteiger partial charge in [0.25, 0.3) is 0 Å². The van der Waals surface area contributed by atoms with E-state index in [2.05, 4.69) is 11.0 Å². The van der Waals surface area contributed by atoms with Gasteiger partial charge < -0.3 is 5.11 Å². The van der Waals surface area contributed by atoms with Gasteiger partial charge in [0.2, 0.25) is 0 Å². The summed E-state index contributed by atoms with van der Waals surface area (Å²) in [6.45, 7) is 3.35. The third-order valence-electron chi connectivity index (χ3n) is 3.94. The lowest BCUT2D eigenvalue weighted by Gasteiger charge is -2.30. The SMILES string of the molecule is CC[C@H](CO)N(Cc1ccc(F)cc1)Cc1cccc(C#N)c1. The smallest absolute Gasteiger partial charge is 0.123 e. The van der Waals surface area contributed by atoms with Crippen molar-refractivity contribution >= 4 is 0 Å². The van der Waals surface area contributed by atoms with Crippen molar-refractivity contribution in [1.29, 1.82) is 5.26 Å². The number of hydrogen-bond donors (Lipinski definition) is 1. The number of halogens is 1. The Morgan fingerprint density at radius 1 is 1.13 bits per heavy atom. The van der Waals surface area contributed by atoms with Gasteiger partial charge in [0, 0.05) is 19.1 Å². The second-order valence-electron chi connectivity index (χ2n) is 5.59. The fourth-order valence-electron chi connectivity index (χ4n) is 2.61. The maximum atomic E-state index is 13.1. The van der Waals surface area contributed by atoms with Gasteiger partial charge in [-0.2, -0.15) is 5.26 Å². The average molecular weight is 312 g/mol. The molecular weight excluding hydrogens is 291 g/mol. The molecule has 0 aliphatic carbocycles. The van der Waals surface area contributed by atoms with Crippen molar-refractivity contribution in [2.45, 2.75) is 32.5 Å². The zero-order valence-corrected chi connectivity index (χ0v) is 13.2. The van der Waals surface area contributed by atoms with E-state index in [4.69, 9.17) is 5.26 Å². The molecule has 0 radical (unpaired) electrons. The maximum Gasteiger partial charge on any atom is 0.123 e. The van der Waals surface area contributed by atoms with Crippen LogP contribution in [0.1, 0.15) is 30.0 Å². The molecule has 0 amide bonds. The van der Waals surface area contributed by atoms with Crippen LogP contribution >= 0.6 is 0 Å². The van der Waals surface area contributed by atoms with E-state index >= 15 is 0 Å². The first kappa shape index (κ1) is 17.1. The first-order valence-electron chi connectivity index (χ1n) is 7.74. The van der Waals surface area contributed by atoms with Crippen LogP contribution in [0.25, 0.3) is 0 Å². The van der Waals surface area contributed by atoms with Crippen molar-refractivity contribution in [3.05, 3.63) is 71.0 Å². The summed E-state index contributed by atoms with van der Waals surface area (Å²) in [4.78, 5) is 2.16. The third-order valence-corrected chi connectivity index (χ3v) is 3.94. The molecule has 2 rings (SSSR count). The van der Waals surface area contributed by atoms with Gasteiger partial charge in [-0.1, -0.05) is 31.2 Å². The molecule has 0 bridgehead atoms. The second-order valence-corrected chi connectivity index (χ2v) is 5.59. The highest BCUT2D eigenvalue weighted by atomic mass is 19.1. The van der Waals surface area contributed by atoms with E-state index in [1.54, 1.807) is 18.2 Å². The lowest BCUT2D eigenvalue weighted by atomic mass is 10.1. The summed E-state index contributed by atoms with van der Waals surface area (Å²) in [5.41, 5.74) is 2.65. The number of aliphatic hydroxyl groups excluding tert-OH is 1. The maximum absolute atomic E-state index is 13.1. The van der Waals surface area contributed by atoms with E-state index in [-0.39, 0.29) is 18.5 Å². The Hall–Kier alpha value is -2.22. The molecule has 2 aromatic carbocycles. The van der Waals surface area contributed by atoms with Crippen molar-refractivity contribution in [3.63, 3.8) is 0 Å². The minimum atomic E-state index is -0.253. The fourth-order valence-corrected chi connectivity index (χ4v) is 2.61. The van der Waals surface area contributed by atoms with Crippen LogP contribution in [0.2, 0.25) is 0 Å². The number of nitriles is 1. The van der Waals surface area contributed by atoms with Gasteiger partial charge in [0.05, 0.1) is 18.2 Å². The lowest BCUT2D eigenvalue weighted by Crippen LogP contribution is -2.36.